The molecule has 1 heterocycles. The molecule has 2 nitrogen and oxygen atoms in total. The Morgan fingerprint density at radius 1 is 0.703 bits per heavy atom. The number of aliphatic hydroxyl groups is 1. The standard InChI is InChI=1S/C9H18O.C7H14F2O.C7H14F2.C7H15F/c1-8(2,3)5-9(4)6-10-7-9;1-6(2,3)4-7(8,9)5-10;1-6(2,3)5-7(4,8)9;1-6(8)5-7(2,3)4/h5-7H2,1-4H3;10H,4-5H2,1-3H3;5H2,1-4H3;6H,5H2,1-4H3. The zero-order chi connectivity index (χ0) is 30.7. The highest BCUT2D eigenvalue weighted by molar-refractivity contribution is 4.85. The number of alkyl halides is 5. The molecule has 0 aromatic heterocycles. The molecule has 0 radical (unpaired) electrons. The van der Waals surface area contributed by atoms with Gasteiger partial charge in [-0.3, -0.25) is 0 Å². The molecule has 1 fully saturated rings. The highest BCUT2D eigenvalue weighted by Crippen LogP contribution is 2.38. The van der Waals surface area contributed by atoms with Gasteiger partial charge in [0, 0.05) is 18.3 Å². The number of hydrogen-bond acceptors (Lipinski definition) is 2. The summed E-state index contributed by atoms with van der Waals surface area (Å²) < 4.78 is 66.6. The quantitative estimate of drug-likeness (QED) is 0.346. The van der Waals surface area contributed by atoms with Crippen molar-refractivity contribution in [3.63, 3.8) is 0 Å². The number of halogens is 5. The third kappa shape index (κ3) is 35.6. The minimum Gasteiger partial charge on any atom is -0.390 e. The molecule has 1 unspecified atom stereocenters. The largest absolute Gasteiger partial charge is 0.390 e. The van der Waals surface area contributed by atoms with Gasteiger partial charge in [0.05, 0.1) is 19.4 Å². The first kappa shape index (κ1) is 41.1. The molecule has 0 aromatic carbocycles. The maximum absolute atomic E-state index is 12.4. The van der Waals surface area contributed by atoms with Gasteiger partial charge >= 0.3 is 0 Å². The Hall–Kier alpha value is -0.430. The summed E-state index contributed by atoms with van der Waals surface area (Å²) in [5.74, 6) is -5.43. The Bertz CT molecular complexity index is 544. The molecule has 228 valence electrons. The third-order valence-electron chi connectivity index (χ3n) is 4.61. The highest BCUT2D eigenvalue weighted by atomic mass is 19.3. The van der Waals surface area contributed by atoms with E-state index in [0.717, 1.165) is 20.1 Å². The van der Waals surface area contributed by atoms with Gasteiger partial charge in [0.25, 0.3) is 5.92 Å². The van der Waals surface area contributed by atoms with Gasteiger partial charge in [-0.15, -0.1) is 0 Å². The average Bonchev–Trinajstić information content (AvgIpc) is 2.45. The number of aliphatic hydroxyl groups excluding tert-OH is 1. The van der Waals surface area contributed by atoms with Gasteiger partial charge in [-0.25, -0.2) is 22.0 Å². The van der Waals surface area contributed by atoms with Crippen LogP contribution < -0.4 is 0 Å². The molecule has 0 aromatic rings. The lowest BCUT2D eigenvalue weighted by Crippen LogP contribution is -2.42. The van der Waals surface area contributed by atoms with Crippen molar-refractivity contribution in [2.75, 3.05) is 19.8 Å². The van der Waals surface area contributed by atoms with Crippen LogP contribution in [0.4, 0.5) is 22.0 Å². The Morgan fingerprint density at radius 2 is 1.08 bits per heavy atom. The van der Waals surface area contributed by atoms with E-state index in [1.807, 2.05) is 41.5 Å². The summed E-state index contributed by atoms with van der Waals surface area (Å²) in [7, 11) is 0. The number of ether oxygens (including phenoxy) is 1. The van der Waals surface area contributed by atoms with Crippen molar-refractivity contribution in [2.45, 2.75) is 148 Å². The minimum atomic E-state index is -2.92. The molecular weight excluding hydrogens is 487 g/mol. The lowest BCUT2D eigenvalue weighted by Gasteiger charge is -2.42. The van der Waals surface area contributed by atoms with E-state index in [1.165, 1.54) is 6.42 Å². The molecule has 7 heteroatoms. The Balaban J connectivity index is -0.000000418. The fourth-order valence-corrected chi connectivity index (χ4v) is 4.44. The second kappa shape index (κ2) is 15.4. The normalized spacial score (nSPS) is 17.1. The maximum Gasteiger partial charge on any atom is 0.271 e. The monoisotopic (exact) mass is 548 g/mol. The van der Waals surface area contributed by atoms with E-state index in [-0.39, 0.29) is 23.7 Å². The number of hydrogen-bond donors (Lipinski definition) is 1. The Kier molecular flexibility index (Phi) is 17.1. The SMILES string of the molecule is CC(C)(C)CC(C)(F)F.CC(C)(C)CC(F)(F)CO.CC(C)(C)CC1(C)COC1.CC(F)CC(C)(C)C. The summed E-state index contributed by atoms with van der Waals surface area (Å²) in [5.41, 5.74) is 0.398. The molecule has 1 atom stereocenters. The van der Waals surface area contributed by atoms with E-state index < -0.39 is 30.0 Å². The van der Waals surface area contributed by atoms with Gasteiger partial charge in [-0.05, 0) is 48.3 Å². The minimum absolute atomic E-state index is 0.0417. The van der Waals surface area contributed by atoms with E-state index >= 15 is 0 Å². The van der Waals surface area contributed by atoms with Gasteiger partial charge in [0.15, 0.2) is 0 Å². The zero-order valence-corrected chi connectivity index (χ0v) is 26.8. The Morgan fingerprint density at radius 3 is 1.14 bits per heavy atom. The smallest absolute Gasteiger partial charge is 0.271 e. The van der Waals surface area contributed by atoms with Crippen LogP contribution in [0.1, 0.15) is 130 Å². The van der Waals surface area contributed by atoms with Crippen LogP contribution in [0.25, 0.3) is 0 Å². The van der Waals surface area contributed by atoms with Crippen LogP contribution in [-0.4, -0.2) is 42.9 Å². The van der Waals surface area contributed by atoms with Crippen molar-refractivity contribution >= 4 is 0 Å². The van der Waals surface area contributed by atoms with Gasteiger partial charge in [-0.1, -0.05) is 90.0 Å². The second-order valence-corrected chi connectivity index (χ2v) is 16.1. The molecule has 0 spiro atoms. The summed E-state index contributed by atoms with van der Waals surface area (Å²) in [5, 5.41) is 8.21. The molecule has 37 heavy (non-hydrogen) atoms. The van der Waals surface area contributed by atoms with E-state index in [4.69, 9.17) is 9.84 Å². The van der Waals surface area contributed by atoms with Crippen LogP contribution in [0.15, 0.2) is 0 Å². The van der Waals surface area contributed by atoms with Crippen LogP contribution in [0.5, 0.6) is 0 Å². The van der Waals surface area contributed by atoms with Crippen LogP contribution >= 0.6 is 0 Å². The topological polar surface area (TPSA) is 29.5 Å². The first-order valence-corrected chi connectivity index (χ1v) is 13.4. The van der Waals surface area contributed by atoms with Crippen molar-refractivity contribution in [3.8, 4) is 0 Å². The van der Waals surface area contributed by atoms with E-state index in [2.05, 4.69) is 27.7 Å². The van der Waals surface area contributed by atoms with Crippen molar-refractivity contribution in [1.82, 2.24) is 0 Å². The maximum atomic E-state index is 12.4. The van der Waals surface area contributed by atoms with Crippen molar-refractivity contribution in [3.05, 3.63) is 0 Å². The number of rotatable bonds is 5. The first-order chi connectivity index (χ1) is 15.8. The van der Waals surface area contributed by atoms with Crippen molar-refractivity contribution < 1.29 is 31.8 Å². The van der Waals surface area contributed by atoms with Crippen LogP contribution in [-0.2, 0) is 4.74 Å². The van der Waals surface area contributed by atoms with Crippen LogP contribution in [0.2, 0.25) is 0 Å². The lowest BCUT2D eigenvalue weighted by atomic mass is 9.74. The van der Waals surface area contributed by atoms with Crippen LogP contribution in [0.3, 0.4) is 0 Å². The second-order valence-electron chi connectivity index (χ2n) is 16.1. The van der Waals surface area contributed by atoms with Crippen molar-refractivity contribution in [1.29, 1.82) is 0 Å². The molecule has 1 rings (SSSR count). The van der Waals surface area contributed by atoms with Gasteiger partial charge in [-0.2, -0.15) is 0 Å². The molecular formula is C30H61F5O2. The zero-order valence-electron chi connectivity index (χ0n) is 26.8. The summed E-state index contributed by atoms with van der Waals surface area (Å²) in [4.78, 5) is 0. The Labute approximate surface area is 226 Å². The van der Waals surface area contributed by atoms with E-state index in [0.29, 0.717) is 17.3 Å². The summed E-state index contributed by atoms with van der Waals surface area (Å²) >= 11 is 0. The average molecular weight is 549 g/mol. The van der Waals surface area contributed by atoms with Gasteiger partial charge in [0.2, 0.25) is 5.92 Å². The van der Waals surface area contributed by atoms with Crippen molar-refractivity contribution in [2.24, 2.45) is 27.1 Å². The predicted octanol–water partition coefficient (Wildman–Crippen LogP) is 10.4. The molecule has 0 bridgehead atoms. The molecule has 0 amide bonds. The van der Waals surface area contributed by atoms with E-state index in [1.54, 1.807) is 27.7 Å². The summed E-state index contributed by atoms with van der Waals surface area (Å²) in [6.45, 7) is 29.3. The van der Waals surface area contributed by atoms with Gasteiger partial charge < -0.3 is 9.84 Å². The van der Waals surface area contributed by atoms with Crippen LogP contribution in [0, 0.1) is 27.1 Å². The highest BCUT2D eigenvalue weighted by Gasteiger charge is 2.36. The fourth-order valence-electron chi connectivity index (χ4n) is 4.44. The molecule has 1 aliphatic rings. The van der Waals surface area contributed by atoms with E-state index in [9.17, 15) is 22.0 Å². The molecule has 1 N–H and O–H groups in total. The summed E-state index contributed by atoms with van der Waals surface area (Å²) in [6.07, 6.45) is 0.971. The first-order valence-electron chi connectivity index (χ1n) is 13.4. The summed E-state index contributed by atoms with van der Waals surface area (Å²) in [6, 6.07) is 0. The lowest BCUT2D eigenvalue weighted by molar-refractivity contribution is -0.119. The van der Waals surface area contributed by atoms with Gasteiger partial charge in [0.1, 0.15) is 6.61 Å². The third-order valence-corrected chi connectivity index (χ3v) is 4.61. The molecule has 1 saturated heterocycles. The predicted molar refractivity (Wildman–Crippen MR) is 148 cm³/mol. The molecule has 0 aliphatic carbocycles. The fraction of sp³-hybridized carbons (Fsp3) is 1.00. The molecule has 1 aliphatic heterocycles. The molecule has 0 saturated carbocycles.